The van der Waals surface area contributed by atoms with E-state index in [4.69, 9.17) is 11.6 Å². The lowest BCUT2D eigenvalue weighted by molar-refractivity contribution is 0.102. The smallest absolute Gasteiger partial charge is 0.258 e. The van der Waals surface area contributed by atoms with Gasteiger partial charge < -0.3 is 20.4 Å². The molecule has 1 saturated heterocycles. The molecule has 6 rings (SSSR count). The van der Waals surface area contributed by atoms with Crippen molar-refractivity contribution in [2.24, 2.45) is 0 Å². The number of fused-ring (bicyclic) bond motifs is 1. The normalized spacial score (nSPS) is 13.6. The fourth-order valence-electron chi connectivity index (χ4n) is 4.88. The zero-order chi connectivity index (χ0) is 29.2. The van der Waals surface area contributed by atoms with Crippen LogP contribution in [0.25, 0.3) is 5.65 Å². The number of aromatic nitrogens is 4. The number of carbonyl (C=O) groups excluding carboxylic acids is 1. The van der Waals surface area contributed by atoms with Gasteiger partial charge in [0.05, 0.1) is 29.3 Å². The van der Waals surface area contributed by atoms with Gasteiger partial charge in [0, 0.05) is 60.5 Å². The molecule has 1 aliphatic rings. The molecular formula is C31H28ClFN8O. The van der Waals surface area contributed by atoms with Crippen LogP contribution in [0.15, 0.2) is 67.3 Å². The van der Waals surface area contributed by atoms with E-state index in [2.05, 4.69) is 54.5 Å². The van der Waals surface area contributed by atoms with Crippen molar-refractivity contribution in [1.82, 2.24) is 24.5 Å². The Morgan fingerprint density at radius 1 is 1.07 bits per heavy atom. The number of likely N-dealkylation sites (N-methyl/N-ethyl adjacent to an activating group) is 1. The Labute approximate surface area is 247 Å². The fourth-order valence-corrected chi connectivity index (χ4v) is 5.11. The lowest BCUT2D eigenvalue weighted by atomic mass is 10.0. The number of anilines is 4. The first-order chi connectivity index (χ1) is 20.3. The number of aryl methyl sites for hydroxylation is 1. The largest absolute Gasteiger partial charge is 0.369 e. The van der Waals surface area contributed by atoms with Crippen molar-refractivity contribution in [3.05, 3.63) is 100 Å². The van der Waals surface area contributed by atoms with Gasteiger partial charge in [0.1, 0.15) is 11.5 Å². The number of rotatable bonds is 5. The van der Waals surface area contributed by atoms with Gasteiger partial charge in [-0.1, -0.05) is 17.5 Å². The van der Waals surface area contributed by atoms with E-state index in [1.807, 2.05) is 34.9 Å². The molecule has 3 N–H and O–H groups in total. The summed E-state index contributed by atoms with van der Waals surface area (Å²) in [5, 5.41) is 13.3. The number of carbonyl (C=O) groups is 1. The molecule has 0 bridgehead atoms. The third-order valence-corrected chi connectivity index (χ3v) is 7.42. The van der Waals surface area contributed by atoms with Crippen LogP contribution < -0.4 is 15.5 Å². The number of hydrogen-bond acceptors (Lipinski definition) is 6. The molecule has 0 aliphatic carbocycles. The van der Waals surface area contributed by atoms with Gasteiger partial charge in [0.25, 0.3) is 5.91 Å². The Kier molecular flexibility index (Phi) is 7.52. The van der Waals surface area contributed by atoms with Gasteiger partial charge in [-0.15, -0.1) is 0 Å². The molecule has 0 atom stereocenters. The minimum atomic E-state index is -0.623. The average molecular weight is 583 g/mol. The van der Waals surface area contributed by atoms with Crippen molar-refractivity contribution in [3.63, 3.8) is 0 Å². The van der Waals surface area contributed by atoms with Gasteiger partial charge in [-0.3, -0.25) is 14.3 Å². The van der Waals surface area contributed by atoms with Crippen LogP contribution in [0.3, 0.4) is 0 Å². The lowest BCUT2D eigenvalue weighted by Crippen LogP contribution is -2.44. The summed E-state index contributed by atoms with van der Waals surface area (Å²) in [6.45, 7) is 5.34. The third-order valence-electron chi connectivity index (χ3n) is 7.21. The first-order valence-electron chi connectivity index (χ1n) is 13.4. The SMILES string of the molecule is Cc1cc(F)c(C(=O)Nc2cc(Cl)cc(N3CCN(C)CC3)c2)cc1C#Cc1cnc2c(Nc3cn[nH]c3)cccn12. The van der Waals surface area contributed by atoms with Crippen molar-refractivity contribution in [2.45, 2.75) is 6.92 Å². The van der Waals surface area contributed by atoms with Gasteiger partial charge in [0.2, 0.25) is 0 Å². The number of aromatic amines is 1. The van der Waals surface area contributed by atoms with Crippen molar-refractivity contribution < 1.29 is 9.18 Å². The predicted octanol–water partition coefficient (Wildman–Crippen LogP) is 5.31. The number of imidazole rings is 1. The second-order valence-electron chi connectivity index (χ2n) is 10.2. The Bertz CT molecular complexity index is 1830. The van der Waals surface area contributed by atoms with Gasteiger partial charge in [-0.25, -0.2) is 9.37 Å². The van der Waals surface area contributed by atoms with Crippen LogP contribution in [-0.4, -0.2) is 63.6 Å². The Morgan fingerprint density at radius 2 is 1.90 bits per heavy atom. The highest BCUT2D eigenvalue weighted by molar-refractivity contribution is 6.31. The summed E-state index contributed by atoms with van der Waals surface area (Å²) in [6, 6.07) is 12.0. The molecule has 1 amide bonds. The van der Waals surface area contributed by atoms with E-state index < -0.39 is 11.7 Å². The highest BCUT2D eigenvalue weighted by Gasteiger charge is 2.18. The molecular weight excluding hydrogens is 555 g/mol. The van der Waals surface area contributed by atoms with Gasteiger partial charge >= 0.3 is 0 Å². The molecule has 3 aromatic heterocycles. The standard InChI is InChI=1S/C31H28ClFN8O/c1-20-12-28(33)27(31(42)38-23-14-22(32)15-26(16-23)40-10-8-39(2)9-11-40)13-21(20)5-6-25-19-34-30-29(4-3-7-41(25)30)37-24-17-35-36-18-24/h3-4,7,12-19,37H,8-11H2,1-2H3,(H,35,36)(H,38,42). The number of hydrogen-bond donors (Lipinski definition) is 3. The minimum absolute atomic E-state index is 0.101. The summed E-state index contributed by atoms with van der Waals surface area (Å²) in [5.74, 6) is 5.02. The summed E-state index contributed by atoms with van der Waals surface area (Å²) in [5.41, 5.74) is 5.40. The second kappa shape index (κ2) is 11.6. The monoisotopic (exact) mass is 582 g/mol. The molecule has 0 spiro atoms. The van der Waals surface area contributed by atoms with Crippen molar-refractivity contribution in [3.8, 4) is 11.8 Å². The van der Waals surface area contributed by atoms with Crippen molar-refractivity contribution in [1.29, 1.82) is 0 Å². The number of benzene rings is 2. The van der Waals surface area contributed by atoms with E-state index in [0.29, 0.717) is 33.2 Å². The maximum atomic E-state index is 15.0. The van der Waals surface area contributed by atoms with Crippen LogP contribution in [0.4, 0.5) is 27.1 Å². The van der Waals surface area contributed by atoms with E-state index in [-0.39, 0.29) is 5.56 Å². The highest BCUT2D eigenvalue weighted by Crippen LogP contribution is 2.27. The quantitative estimate of drug-likeness (QED) is 0.243. The van der Waals surface area contributed by atoms with Gasteiger partial charge in [-0.05, 0) is 67.9 Å². The number of amides is 1. The zero-order valence-corrected chi connectivity index (χ0v) is 23.8. The molecule has 0 radical (unpaired) electrons. The molecule has 0 saturated carbocycles. The van der Waals surface area contributed by atoms with Crippen LogP contribution >= 0.6 is 11.6 Å². The van der Waals surface area contributed by atoms with Crippen molar-refractivity contribution in [2.75, 3.05) is 48.8 Å². The summed E-state index contributed by atoms with van der Waals surface area (Å²) in [6.07, 6.45) is 6.96. The lowest BCUT2D eigenvalue weighted by Gasteiger charge is -2.34. The third kappa shape index (κ3) is 5.79. The van der Waals surface area contributed by atoms with Crippen molar-refractivity contribution >= 4 is 45.9 Å². The van der Waals surface area contributed by atoms with E-state index >= 15 is 4.39 Å². The molecule has 212 valence electrons. The first kappa shape index (κ1) is 27.3. The van der Waals surface area contributed by atoms with E-state index in [0.717, 1.165) is 43.2 Å². The molecule has 1 aliphatic heterocycles. The molecule has 0 unspecified atom stereocenters. The Balaban J connectivity index is 1.24. The number of piperazine rings is 1. The Morgan fingerprint density at radius 3 is 2.69 bits per heavy atom. The fraction of sp³-hybridized carbons (Fsp3) is 0.194. The summed E-state index contributed by atoms with van der Waals surface area (Å²) in [7, 11) is 2.09. The van der Waals surface area contributed by atoms with Crippen LogP contribution in [0.2, 0.25) is 5.02 Å². The average Bonchev–Trinajstić information content (AvgIpc) is 3.63. The molecule has 42 heavy (non-hydrogen) atoms. The molecule has 5 aromatic rings. The summed E-state index contributed by atoms with van der Waals surface area (Å²) >= 11 is 6.39. The molecule has 2 aromatic carbocycles. The number of nitrogens with zero attached hydrogens (tertiary/aromatic N) is 5. The summed E-state index contributed by atoms with van der Waals surface area (Å²) in [4.78, 5) is 22.2. The van der Waals surface area contributed by atoms with Crippen LogP contribution in [0.5, 0.6) is 0 Å². The second-order valence-corrected chi connectivity index (χ2v) is 10.6. The molecule has 9 nitrogen and oxygen atoms in total. The zero-order valence-electron chi connectivity index (χ0n) is 23.1. The number of pyridine rings is 1. The summed E-state index contributed by atoms with van der Waals surface area (Å²) < 4.78 is 16.9. The van der Waals surface area contributed by atoms with E-state index in [1.54, 1.807) is 31.6 Å². The first-order valence-corrected chi connectivity index (χ1v) is 13.8. The number of H-pyrrole nitrogens is 1. The minimum Gasteiger partial charge on any atom is -0.369 e. The maximum Gasteiger partial charge on any atom is 0.258 e. The molecule has 4 heterocycles. The predicted molar refractivity (Wildman–Crippen MR) is 163 cm³/mol. The number of nitrogens with one attached hydrogen (secondary N) is 3. The van der Waals surface area contributed by atoms with Crippen LogP contribution in [0, 0.1) is 24.6 Å². The van der Waals surface area contributed by atoms with Gasteiger partial charge in [-0.2, -0.15) is 5.10 Å². The molecule has 11 heteroatoms. The topological polar surface area (TPSA) is 93.6 Å². The maximum absolute atomic E-state index is 15.0. The van der Waals surface area contributed by atoms with Crippen LogP contribution in [-0.2, 0) is 0 Å². The molecule has 1 fully saturated rings. The highest BCUT2D eigenvalue weighted by atomic mass is 35.5. The van der Waals surface area contributed by atoms with E-state index in [1.165, 1.54) is 12.1 Å². The van der Waals surface area contributed by atoms with Crippen LogP contribution in [0.1, 0.15) is 27.2 Å². The Hall–Kier alpha value is -4.85. The van der Waals surface area contributed by atoms with Gasteiger partial charge in [0.15, 0.2) is 5.65 Å². The number of halogens is 2. The van der Waals surface area contributed by atoms with E-state index in [9.17, 15) is 4.79 Å².